The fraction of sp³-hybridized carbons (Fsp3) is 0.444. The molecule has 1 heterocycles. The van der Waals surface area contributed by atoms with Crippen LogP contribution in [-0.2, 0) is 0 Å². The molecular formula is C18H23ClN4O. The van der Waals surface area contributed by atoms with Crippen LogP contribution < -0.4 is 11.1 Å². The lowest BCUT2D eigenvalue weighted by atomic mass is 9.84. The van der Waals surface area contributed by atoms with Crippen molar-refractivity contribution in [1.29, 1.82) is 0 Å². The summed E-state index contributed by atoms with van der Waals surface area (Å²) in [5, 5.41) is 8.15. The Morgan fingerprint density at radius 1 is 1.42 bits per heavy atom. The number of nitrogens with two attached hydrogens (primary N) is 1. The summed E-state index contributed by atoms with van der Waals surface area (Å²) in [7, 11) is 0. The third-order valence-corrected chi connectivity index (χ3v) is 5.07. The third kappa shape index (κ3) is 3.47. The number of amides is 1. The normalized spacial score (nSPS) is 20.8. The summed E-state index contributed by atoms with van der Waals surface area (Å²) in [6.07, 6.45) is 6.03. The molecule has 1 aromatic carbocycles. The highest BCUT2D eigenvalue weighted by molar-refractivity contribution is 6.30. The second kappa shape index (κ2) is 7.36. The molecule has 1 aliphatic rings. The predicted molar refractivity (Wildman–Crippen MR) is 95.6 cm³/mol. The Hall–Kier alpha value is -1.85. The number of aromatic nitrogens is 2. The van der Waals surface area contributed by atoms with E-state index in [0.717, 1.165) is 30.6 Å². The van der Waals surface area contributed by atoms with Gasteiger partial charge in [0.05, 0.1) is 23.1 Å². The number of carbonyl (C=O) groups excluding carboxylic acids is 1. The van der Waals surface area contributed by atoms with Crippen LogP contribution in [0.4, 0.5) is 0 Å². The summed E-state index contributed by atoms with van der Waals surface area (Å²) in [6, 6.07) is 7.58. The maximum Gasteiger partial charge on any atom is 0.254 e. The van der Waals surface area contributed by atoms with Crippen molar-refractivity contribution in [2.75, 3.05) is 6.54 Å². The van der Waals surface area contributed by atoms with Gasteiger partial charge in [-0.1, -0.05) is 30.5 Å². The first-order valence-electron chi connectivity index (χ1n) is 8.41. The Bertz CT molecular complexity index is 728. The van der Waals surface area contributed by atoms with Gasteiger partial charge in [0.1, 0.15) is 0 Å². The van der Waals surface area contributed by atoms with Crippen LogP contribution in [0.25, 0.3) is 5.69 Å². The van der Waals surface area contributed by atoms with Gasteiger partial charge in [0.15, 0.2) is 0 Å². The van der Waals surface area contributed by atoms with Crippen LogP contribution in [0, 0.1) is 12.8 Å². The number of hydrogen-bond donors (Lipinski definition) is 2. The van der Waals surface area contributed by atoms with Gasteiger partial charge in [-0.15, -0.1) is 0 Å². The van der Waals surface area contributed by atoms with Gasteiger partial charge in [-0.25, -0.2) is 4.68 Å². The summed E-state index contributed by atoms with van der Waals surface area (Å²) in [6.45, 7) is 2.51. The second-order valence-corrected chi connectivity index (χ2v) is 6.83. The van der Waals surface area contributed by atoms with Gasteiger partial charge in [0, 0.05) is 11.1 Å². The first kappa shape index (κ1) is 17.0. The maximum absolute atomic E-state index is 12.7. The van der Waals surface area contributed by atoms with E-state index in [-0.39, 0.29) is 11.9 Å². The van der Waals surface area contributed by atoms with Gasteiger partial charge < -0.3 is 11.1 Å². The van der Waals surface area contributed by atoms with E-state index in [1.54, 1.807) is 10.9 Å². The first-order chi connectivity index (χ1) is 11.6. The van der Waals surface area contributed by atoms with E-state index in [9.17, 15) is 4.79 Å². The van der Waals surface area contributed by atoms with Crippen molar-refractivity contribution in [2.24, 2.45) is 11.7 Å². The molecular weight excluding hydrogens is 324 g/mol. The lowest BCUT2D eigenvalue weighted by Crippen LogP contribution is -2.44. The number of nitrogens with zero attached hydrogens (tertiary/aromatic N) is 2. The molecule has 1 aromatic heterocycles. The first-order valence-corrected chi connectivity index (χ1v) is 8.79. The van der Waals surface area contributed by atoms with Crippen molar-refractivity contribution in [3.8, 4) is 5.69 Å². The highest BCUT2D eigenvalue weighted by Crippen LogP contribution is 2.24. The van der Waals surface area contributed by atoms with Crippen LogP contribution in [0.5, 0.6) is 0 Å². The van der Waals surface area contributed by atoms with E-state index in [1.807, 2.05) is 31.2 Å². The number of rotatable bonds is 4. The van der Waals surface area contributed by atoms with Crippen molar-refractivity contribution in [2.45, 2.75) is 38.6 Å². The minimum atomic E-state index is -0.0777. The summed E-state index contributed by atoms with van der Waals surface area (Å²) < 4.78 is 1.74. The monoisotopic (exact) mass is 346 g/mol. The molecule has 6 heteroatoms. The van der Waals surface area contributed by atoms with Crippen molar-refractivity contribution in [3.05, 3.63) is 46.7 Å². The van der Waals surface area contributed by atoms with E-state index in [0.29, 0.717) is 23.0 Å². The van der Waals surface area contributed by atoms with Gasteiger partial charge in [0.2, 0.25) is 0 Å². The van der Waals surface area contributed by atoms with Crippen LogP contribution >= 0.6 is 11.6 Å². The van der Waals surface area contributed by atoms with E-state index in [4.69, 9.17) is 17.3 Å². The number of halogens is 1. The molecule has 0 bridgehead atoms. The molecule has 2 aromatic rings. The summed E-state index contributed by atoms with van der Waals surface area (Å²) in [5.41, 5.74) is 8.09. The Balaban J connectivity index is 1.79. The van der Waals surface area contributed by atoms with Crippen LogP contribution in [-0.4, -0.2) is 28.3 Å². The van der Waals surface area contributed by atoms with Crippen molar-refractivity contribution in [1.82, 2.24) is 15.1 Å². The van der Waals surface area contributed by atoms with Gasteiger partial charge in [-0.05, 0) is 50.4 Å². The van der Waals surface area contributed by atoms with E-state index in [2.05, 4.69) is 10.4 Å². The molecule has 128 valence electrons. The van der Waals surface area contributed by atoms with Crippen molar-refractivity contribution in [3.63, 3.8) is 0 Å². The molecule has 24 heavy (non-hydrogen) atoms. The molecule has 1 saturated carbocycles. The largest absolute Gasteiger partial charge is 0.349 e. The van der Waals surface area contributed by atoms with Gasteiger partial charge in [-0.3, -0.25) is 4.79 Å². The Morgan fingerprint density at radius 2 is 2.21 bits per heavy atom. The molecule has 0 aliphatic heterocycles. The molecule has 5 nitrogen and oxygen atoms in total. The topological polar surface area (TPSA) is 72.9 Å². The molecule has 1 fully saturated rings. The third-order valence-electron chi connectivity index (χ3n) is 4.84. The van der Waals surface area contributed by atoms with Crippen LogP contribution in [0.15, 0.2) is 30.5 Å². The van der Waals surface area contributed by atoms with E-state index < -0.39 is 0 Å². The highest BCUT2D eigenvalue weighted by Gasteiger charge is 2.26. The standard InChI is InChI=1S/C18H23ClN4O/c1-12-16(11-21-23(12)15-7-4-6-14(19)9-15)18(24)22-17-8-3-2-5-13(17)10-20/h4,6-7,9,11,13,17H,2-3,5,8,10,20H2,1H3,(H,22,24). The quantitative estimate of drug-likeness (QED) is 0.893. The minimum Gasteiger partial charge on any atom is -0.349 e. The van der Waals surface area contributed by atoms with Gasteiger partial charge in [-0.2, -0.15) is 5.10 Å². The average molecular weight is 347 g/mol. The fourth-order valence-electron chi connectivity index (χ4n) is 3.43. The molecule has 2 atom stereocenters. The van der Waals surface area contributed by atoms with Crippen LogP contribution in [0.3, 0.4) is 0 Å². The fourth-order valence-corrected chi connectivity index (χ4v) is 3.61. The number of carbonyl (C=O) groups is 1. The van der Waals surface area contributed by atoms with Crippen molar-refractivity contribution < 1.29 is 4.79 Å². The summed E-state index contributed by atoms with van der Waals surface area (Å²) in [4.78, 5) is 12.7. The lowest BCUT2D eigenvalue weighted by Gasteiger charge is -2.31. The average Bonchev–Trinajstić information content (AvgIpc) is 2.97. The zero-order valence-corrected chi connectivity index (χ0v) is 14.6. The highest BCUT2D eigenvalue weighted by atomic mass is 35.5. The predicted octanol–water partition coefficient (Wildman–Crippen LogP) is 3.08. The zero-order chi connectivity index (χ0) is 17.1. The van der Waals surface area contributed by atoms with Crippen LogP contribution in [0.2, 0.25) is 5.02 Å². The van der Waals surface area contributed by atoms with Crippen molar-refractivity contribution >= 4 is 17.5 Å². The van der Waals surface area contributed by atoms with E-state index in [1.165, 1.54) is 6.42 Å². The number of nitrogens with one attached hydrogen (secondary N) is 1. The second-order valence-electron chi connectivity index (χ2n) is 6.40. The van der Waals surface area contributed by atoms with Crippen LogP contribution in [0.1, 0.15) is 41.7 Å². The minimum absolute atomic E-state index is 0.0777. The Kier molecular flexibility index (Phi) is 5.21. The molecule has 2 unspecified atom stereocenters. The molecule has 3 N–H and O–H groups in total. The lowest BCUT2D eigenvalue weighted by molar-refractivity contribution is 0.0907. The number of hydrogen-bond acceptors (Lipinski definition) is 3. The molecule has 1 amide bonds. The summed E-state index contributed by atoms with van der Waals surface area (Å²) in [5.74, 6) is 0.289. The molecule has 0 saturated heterocycles. The van der Waals surface area contributed by atoms with E-state index >= 15 is 0 Å². The van der Waals surface area contributed by atoms with Gasteiger partial charge in [0.25, 0.3) is 5.91 Å². The zero-order valence-electron chi connectivity index (χ0n) is 13.8. The SMILES string of the molecule is Cc1c(C(=O)NC2CCCCC2CN)cnn1-c1cccc(Cl)c1. The molecule has 0 radical (unpaired) electrons. The molecule has 1 aliphatic carbocycles. The Labute approximate surface area is 147 Å². The number of benzene rings is 1. The Morgan fingerprint density at radius 3 is 2.96 bits per heavy atom. The smallest absolute Gasteiger partial charge is 0.254 e. The summed E-state index contributed by atoms with van der Waals surface area (Å²) >= 11 is 6.05. The molecule has 0 spiro atoms. The molecule has 3 rings (SSSR count). The van der Waals surface area contributed by atoms with Gasteiger partial charge >= 0.3 is 0 Å². The maximum atomic E-state index is 12.7.